The van der Waals surface area contributed by atoms with Crippen LogP contribution in [0.2, 0.25) is 0 Å². The number of hydrogen-bond donors (Lipinski definition) is 1. The third kappa shape index (κ3) is 2.13. The first-order valence-electron chi connectivity index (χ1n) is 5.69. The molecule has 0 fully saturated rings. The molecule has 0 spiro atoms. The number of furan rings is 1. The van der Waals surface area contributed by atoms with Gasteiger partial charge in [-0.2, -0.15) is 8.78 Å². The molecule has 0 aliphatic heterocycles. The van der Waals surface area contributed by atoms with E-state index in [-0.39, 0.29) is 22.8 Å². The van der Waals surface area contributed by atoms with Gasteiger partial charge in [0.25, 0.3) is 0 Å². The maximum Gasteiger partial charge on any atom is 0.315 e. The van der Waals surface area contributed by atoms with Gasteiger partial charge in [0.1, 0.15) is 5.58 Å². The second kappa shape index (κ2) is 4.86. The Balaban J connectivity index is 2.38. The van der Waals surface area contributed by atoms with Gasteiger partial charge >= 0.3 is 6.01 Å². The number of fused-ring (bicyclic) bond motifs is 1. The van der Waals surface area contributed by atoms with Crippen molar-refractivity contribution >= 4 is 16.8 Å². The summed E-state index contributed by atoms with van der Waals surface area (Å²) in [7, 11) is 0. The van der Waals surface area contributed by atoms with E-state index < -0.39 is 11.8 Å². The van der Waals surface area contributed by atoms with Crippen LogP contribution in [0.15, 0.2) is 22.6 Å². The number of carbonyl (C=O) groups is 1. The second-order valence-corrected chi connectivity index (χ2v) is 4.04. The Morgan fingerprint density at radius 3 is 2.83 bits per heavy atom. The molecule has 5 heteroatoms. The summed E-state index contributed by atoms with van der Waals surface area (Å²) in [5, 5.41) is 3.02. The summed E-state index contributed by atoms with van der Waals surface area (Å²) in [6.45, 7) is 4.29. The molecule has 0 saturated carbocycles. The van der Waals surface area contributed by atoms with Crippen molar-refractivity contribution in [3.05, 3.63) is 35.6 Å². The highest BCUT2D eigenvalue weighted by Gasteiger charge is 2.18. The van der Waals surface area contributed by atoms with Crippen molar-refractivity contribution in [3.63, 3.8) is 0 Å². The van der Waals surface area contributed by atoms with Crippen molar-refractivity contribution in [3.8, 4) is 0 Å². The van der Waals surface area contributed by atoms with Crippen LogP contribution in [0, 0.1) is 11.8 Å². The first-order valence-corrected chi connectivity index (χ1v) is 5.69. The van der Waals surface area contributed by atoms with E-state index in [1.54, 1.807) is 6.92 Å². The normalized spacial score (nSPS) is 12.9. The Morgan fingerprint density at radius 1 is 1.44 bits per heavy atom. The molecule has 1 aromatic carbocycles. The molecular formula is C13H13F2NO2. The van der Waals surface area contributed by atoms with Crippen molar-refractivity contribution in [2.24, 2.45) is 0 Å². The summed E-state index contributed by atoms with van der Waals surface area (Å²) in [4.78, 5) is 12.0. The van der Waals surface area contributed by atoms with Gasteiger partial charge in [-0.1, -0.05) is 13.0 Å². The molecule has 1 heterocycles. The van der Waals surface area contributed by atoms with E-state index in [0.29, 0.717) is 12.1 Å². The summed E-state index contributed by atoms with van der Waals surface area (Å²) in [5.74, 6) is -1.17. The van der Waals surface area contributed by atoms with Crippen LogP contribution < -0.4 is 5.32 Å². The number of hydrogen-bond acceptors (Lipinski definition) is 3. The van der Waals surface area contributed by atoms with Crippen molar-refractivity contribution in [1.82, 2.24) is 5.32 Å². The summed E-state index contributed by atoms with van der Waals surface area (Å²) in [6.07, 6.45) is 0. The largest absolute Gasteiger partial charge is 0.429 e. The lowest BCUT2D eigenvalue weighted by Gasteiger charge is -2.10. The van der Waals surface area contributed by atoms with Crippen LogP contribution in [0.25, 0.3) is 11.0 Å². The molecule has 0 aliphatic rings. The third-order valence-electron chi connectivity index (χ3n) is 2.78. The summed E-state index contributed by atoms with van der Waals surface area (Å²) < 4.78 is 30.7. The average Bonchev–Trinajstić information content (AvgIpc) is 2.64. The molecule has 96 valence electrons. The van der Waals surface area contributed by atoms with Gasteiger partial charge in [-0.25, -0.2) is 0 Å². The Kier molecular flexibility index (Phi) is 3.43. The Hall–Kier alpha value is -1.75. The number of benzene rings is 1. The lowest BCUT2D eigenvalue weighted by Crippen LogP contribution is -2.33. The Morgan fingerprint density at radius 2 is 2.17 bits per heavy atom. The Bertz CT molecular complexity index is 592. The molecule has 1 atom stereocenters. The van der Waals surface area contributed by atoms with Crippen LogP contribution in [-0.4, -0.2) is 18.4 Å². The minimum absolute atomic E-state index is 0.0412. The van der Waals surface area contributed by atoms with Gasteiger partial charge in [0.15, 0.2) is 5.78 Å². The zero-order valence-corrected chi connectivity index (χ0v) is 10.1. The fourth-order valence-corrected chi connectivity index (χ4v) is 1.84. The lowest BCUT2D eigenvalue weighted by molar-refractivity contribution is 0.0952. The maximum atomic E-state index is 13.2. The van der Waals surface area contributed by atoms with Gasteiger partial charge in [-0.05, 0) is 25.6 Å². The van der Waals surface area contributed by atoms with Gasteiger partial charge in [-0.3, -0.25) is 4.79 Å². The van der Waals surface area contributed by atoms with Crippen LogP contribution in [0.1, 0.15) is 24.2 Å². The fraction of sp³-hybridized carbons (Fsp3) is 0.308. The van der Waals surface area contributed by atoms with E-state index in [9.17, 15) is 13.6 Å². The minimum atomic E-state index is -1.26. The number of likely N-dealkylation sites (N-methyl/N-ethyl adjacent to an activating group) is 1. The molecule has 1 N–H and O–H groups in total. The summed E-state index contributed by atoms with van der Waals surface area (Å²) in [6, 6.07) is 2.57. The number of Topliss-reactive ketones (excluding diaryl/α,β-unsaturated/α-hetero) is 1. The van der Waals surface area contributed by atoms with E-state index in [0.717, 1.165) is 0 Å². The molecule has 0 amide bonds. The highest BCUT2D eigenvalue weighted by molar-refractivity contribution is 6.02. The maximum absolute atomic E-state index is 13.2. The monoisotopic (exact) mass is 253 g/mol. The highest BCUT2D eigenvalue weighted by Crippen LogP contribution is 2.24. The van der Waals surface area contributed by atoms with Crippen LogP contribution in [0.4, 0.5) is 8.78 Å². The molecule has 18 heavy (non-hydrogen) atoms. The molecule has 1 aromatic heterocycles. The van der Waals surface area contributed by atoms with E-state index in [2.05, 4.69) is 9.73 Å². The molecule has 0 saturated heterocycles. The quantitative estimate of drug-likeness (QED) is 0.852. The fourth-order valence-electron chi connectivity index (χ4n) is 1.84. The summed E-state index contributed by atoms with van der Waals surface area (Å²) >= 11 is 0. The Labute approximate surface area is 103 Å². The molecule has 0 radical (unpaired) electrons. The topological polar surface area (TPSA) is 42.2 Å². The zero-order valence-electron chi connectivity index (χ0n) is 10.1. The van der Waals surface area contributed by atoms with Gasteiger partial charge < -0.3 is 9.73 Å². The minimum Gasteiger partial charge on any atom is -0.429 e. The van der Waals surface area contributed by atoms with Crippen LogP contribution in [0.3, 0.4) is 0 Å². The van der Waals surface area contributed by atoms with Crippen LogP contribution in [0.5, 0.6) is 0 Å². The van der Waals surface area contributed by atoms with Gasteiger partial charge in [0.05, 0.1) is 11.4 Å². The average molecular weight is 253 g/mol. The van der Waals surface area contributed by atoms with Crippen LogP contribution >= 0.6 is 0 Å². The first kappa shape index (κ1) is 12.7. The van der Waals surface area contributed by atoms with Crippen molar-refractivity contribution < 1.29 is 18.0 Å². The van der Waals surface area contributed by atoms with Gasteiger partial charge in [0, 0.05) is 5.56 Å². The predicted molar refractivity (Wildman–Crippen MR) is 63.6 cm³/mol. The van der Waals surface area contributed by atoms with E-state index >= 15 is 0 Å². The number of nitrogens with one attached hydrogen (secondary N) is 1. The van der Waals surface area contributed by atoms with E-state index in [1.807, 2.05) is 6.92 Å². The van der Waals surface area contributed by atoms with Crippen molar-refractivity contribution in [2.75, 3.05) is 6.54 Å². The van der Waals surface area contributed by atoms with E-state index in [4.69, 9.17) is 0 Å². The molecular weight excluding hydrogens is 240 g/mol. The van der Waals surface area contributed by atoms with Crippen molar-refractivity contribution in [2.45, 2.75) is 19.9 Å². The number of rotatable bonds is 4. The third-order valence-corrected chi connectivity index (χ3v) is 2.78. The number of halogens is 2. The molecule has 0 aliphatic carbocycles. The number of ketones is 1. The van der Waals surface area contributed by atoms with Gasteiger partial charge in [-0.15, -0.1) is 0 Å². The molecule has 0 bridgehead atoms. The molecule has 3 nitrogen and oxygen atoms in total. The first-order chi connectivity index (χ1) is 8.54. The predicted octanol–water partition coefficient (Wildman–Crippen LogP) is 2.89. The second-order valence-electron chi connectivity index (χ2n) is 4.04. The smallest absolute Gasteiger partial charge is 0.315 e. The molecule has 1 unspecified atom stereocenters. The van der Waals surface area contributed by atoms with Gasteiger partial charge in [0.2, 0.25) is 5.82 Å². The SMILES string of the molecule is CCNC(C)C(=O)c1ccc2c(F)c(F)oc2c1. The molecule has 2 aromatic rings. The lowest BCUT2D eigenvalue weighted by atomic mass is 10.0. The summed E-state index contributed by atoms with van der Waals surface area (Å²) in [5.41, 5.74) is 0.407. The van der Waals surface area contributed by atoms with E-state index in [1.165, 1.54) is 18.2 Å². The number of carbonyl (C=O) groups excluding carboxylic acids is 1. The zero-order chi connectivity index (χ0) is 13.3. The standard InChI is InChI=1S/C13H13F2NO2/c1-3-16-7(2)12(17)8-4-5-9-10(6-8)18-13(15)11(9)14/h4-7,16H,3H2,1-2H3. The van der Waals surface area contributed by atoms with Crippen LogP contribution in [-0.2, 0) is 0 Å². The molecule has 2 rings (SSSR count). The highest BCUT2D eigenvalue weighted by atomic mass is 19.2. The van der Waals surface area contributed by atoms with Crippen molar-refractivity contribution in [1.29, 1.82) is 0 Å².